The van der Waals surface area contributed by atoms with E-state index in [-0.39, 0.29) is 5.02 Å². The van der Waals surface area contributed by atoms with E-state index in [1.807, 2.05) is 4.57 Å². The van der Waals surface area contributed by atoms with Crippen LogP contribution in [0.5, 0.6) is 0 Å². The van der Waals surface area contributed by atoms with E-state index in [2.05, 4.69) is 4.98 Å². The first-order chi connectivity index (χ1) is 8.18. The molecule has 0 spiro atoms. The van der Waals surface area contributed by atoms with E-state index < -0.39 is 5.82 Å². The van der Waals surface area contributed by atoms with E-state index in [4.69, 9.17) is 17.3 Å². The summed E-state index contributed by atoms with van der Waals surface area (Å²) in [6.07, 6.45) is 3.89. The Balaban J connectivity index is 2.12. The molecular weight excluding hydrogens is 241 g/mol. The van der Waals surface area contributed by atoms with Crippen molar-refractivity contribution >= 4 is 17.4 Å². The normalized spacial score (nSPS) is 15.2. The Labute approximate surface area is 103 Å². The Morgan fingerprint density at radius 1 is 1.41 bits per heavy atom. The lowest BCUT2D eigenvalue weighted by molar-refractivity contribution is 0.631. The van der Waals surface area contributed by atoms with E-state index in [0.29, 0.717) is 23.1 Å². The van der Waals surface area contributed by atoms with Gasteiger partial charge in [0.25, 0.3) is 0 Å². The summed E-state index contributed by atoms with van der Waals surface area (Å²) in [6, 6.07) is 5.26. The van der Waals surface area contributed by atoms with Gasteiger partial charge < -0.3 is 10.3 Å². The Hall–Kier alpha value is -1.55. The van der Waals surface area contributed by atoms with Crippen molar-refractivity contribution in [3.8, 4) is 11.3 Å². The number of nitrogens with two attached hydrogens (primary N) is 1. The second-order valence-corrected chi connectivity index (χ2v) is 4.63. The van der Waals surface area contributed by atoms with Crippen LogP contribution in [0.3, 0.4) is 0 Å². The van der Waals surface area contributed by atoms with Crippen molar-refractivity contribution in [2.24, 2.45) is 0 Å². The van der Waals surface area contributed by atoms with Crippen LogP contribution in [-0.2, 0) is 0 Å². The van der Waals surface area contributed by atoms with Crippen LogP contribution in [-0.4, -0.2) is 9.55 Å². The first kappa shape index (κ1) is 10.6. The highest BCUT2D eigenvalue weighted by molar-refractivity contribution is 6.31. The average Bonchev–Trinajstić information content (AvgIpc) is 3.08. The first-order valence-corrected chi connectivity index (χ1v) is 5.83. The monoisotopic (exact) mass is 251 g/mol. The fourth-order valence-corrected chi connectivity index (χ4v) is 2.08. The third-order valence-corrected chi connectivity index (χ3v) is 3.27. The summed E-state index contributed by atoms with van der Waals surface area (Å²) < 4.78 is 15.8. The Kier molecular flexibility index (Phi) is 2.33. The van der Waals surface area contributed by atoms with Crippen LogP contribution in [0.1, 0.15) is 18.9 Å². The molecule has 1 aromatic carbocycles. The third kappa shape index (κ3) is 1.69. The van der Waals surface area contributed by atoms with Crippen LogP contribution in [0.4, 0.5) is 10.2 Å². The molecule has 0 amide bonds. The number of halogens is 2. The summed E-state index contributed by atoms with van der Waals surface area (Å²) in [7, 11) is 0. The highest BCUT2D eigenvalue weighted by Gasteiger charge is 2.27. The zero-order chi connectivity index (χ0) is 12.0. The highest BCUT2D eigenvalue weighted by atomic mass is 35.5. The highest BCUT2D eigenvalue weighted by Crippen LogP contribution is 2.39. The number of benzene rings is 1. The fourth-order valence-electron chi connectivity index (χ4n) is 1.91. The maximum Gasteiger partial charge on any atom is 0.151 e. The SMILES string of the molecule is Nc1c(-c2cccc(Cl)c2F)ncn1C1CC1. The quantitative estimate of drug-likeness (QED) is 0.890. The molecule has 17 heavy (non-hydrogen) atoms. The number of imidazole rings is 1. The number of hydrogen-bond acceptors (Lipinski definition) is 2. The Morgan fingerprint density at radius 3 is 2.88 bits per heavy atom. The van der Waals surface area contributed by atoms with Crippen LogP contribution < -0.4 is 5.73 Å². The van der Waals surface area contributed by atoms with Crippen molar-refractivity contribution in [1.82, 2.24) is 9.55 Å². The Morgan fingerprint density at radius 2 is 2.18 bits per heavy atom. The molecule has 3 nitrogen and oxygen atoms in total. The van der Waals surface area contributed by atoms with Gasteiger partial charge in [0.1, 0.15) is 11.5 Å². The van der Waals surface area contributed by atoms with Gasteiger partial charge in [0.2, 0.25) is 0 Å². The number of hydrogen-bond donors (Lipinski definition) is 1. The van der Waals surface area contributed by atoms with Gasteiger partial charge in [-0.2, -0.15) is 0 Å². The molecule has 1 fully saturated rings. The topological polar surface area (TPSA) is 43.8 Å². The second kappa shape index (κ2) is 3.74. The van der Waals surface area contributed by atoms with Gasteiger partial charge in [-0.3, -0.25) is 0 Å². The number of anilines is 1. The van der Waals surface area contributed by atoms with E-state index in [9.17, 15) is 4.39 Å². The third-order valence-electron chi connectivity index (χ3n) is 2.98. The van der Waals surface area contributed by atoms with Gasteiger partial charge in [0.15, 0.2) is 5.82 Å². The minimum atomic E-state index is -0.470. The second-order valence-electron chi connectivity index (χ2n) is 4.22. The molecule has 0 unspecified atom stereocenters. The van der Waals surface area contributed by atoms with Gasteiger partial charge in [0, 0.05) is 11.6 Å². The molecular formula is C12H11ClFN3. The van der Waals surface area contributed by atoms with Gasteiger partial charge in [-0.1, -0.05) is 17.7 Å². The lowest BCUT2D eigenvalue weighted by Crippen LogP contribution is -2.00. The van der Waals surface area contributed by atoms with E-state index in [0.717, 1.165) is 12.8 Å². The molecule has 0 saturated heterocycles. The zero-order valence-corrected chi connectivity index (χ0v) is 9.78. The van der Waals surface area contributed by atoms with Gasteiger partial charge in [-0.15, -0.1) is 0 Å². The van der Waals surface area contributed by atoms with Crippen molar-refractivity contribution in [2.45, 2.75) is 18.9 Å². The van der Waals surface area contributed by atoms with Crippen LogP contribution >= 0.6 is 11.6 Å². The molecule has 1 heterocycles. The minimum Gasteiger partial charge on any atom is -0.383 e. The van der Waals surface area contributed by atoms with Gasteiger partial charge in [0.05, 0.1) is 11.3 Å². The molecule has 1 aromatic heterocycles. The molecule has 0 bridgehead atoms. The molecule has 0 atom stereocenters. The summed E-state index contributed by atoms with van der Waals surface area (Å²) in [5.74, 6) is 0.0376. The maximum absolute atomic E-state index is 13.9. The Bertz CT molecular complexity index is 575. The molecule has 2 N–H and O–H groups in total. The summed E-state index contributed by atoms with van der Waals surface area (Å²) >= 11 is 5.75. The molecule has 1 aliphatic rings. The molecule has 3 rings (SSSR count). The van der Waals surface area contributed by atoms with Crippen molar-refractivity contribution in [1.29, 1.82) is 0 Å². The smallest absolute Gasteiger partial charge is 0.151 e. The van der Waals surface area contributed by atoms with Crippen molar-refractivity contribution in [3.05, 3.63) is 35.4 Å². The van der Waals surface area contributed by atoms with Crippen molar-refractivity contribution < 1.29 is 4.39 Å². The molecule has 5 heteroatoms. The van der Waals surface area contributed by atoms with Crippen LogP contribution in [0.25, 0.3) is 11.3 Å². The molecule has 1 saturated carbocycles. The van der Waals surface area contributed by atoms with Crippen LogP contribution in [0.2, 0.25) is 5.02 Å². The number of rotatable bonds is 2. The zero-order valence-electron chi connectivity index (χ0n) is 9.03. The number of nitrogens with zero attached hydrogens (tertiary/aromatic N) is 2. The van der Waals surface area contributed by atoms with Crippen molar-refractivity contribution in [2.75, 3.05) is 5.73 Å². The summed E-state index contributed by atoms with van der Waals surface area (Å²) in [5, 5.41) is 0.0860. The van der Waals surface area contributed by atoms with E-state index in [1.54, 1.807) is 18.5 Å². The molecule has 88 valence electrons. The van der Waals surface area contributed by atoms with Crippen LogP contribution in [0.15, 0.2) is 24.5 Å². The van der Waals surface area contributed by atoms with E-state index >= 15 is 0 Å². The lowest BCUT2D eigenvalue weighted by atomic mass is 10.1. The predicted octanol–water partition coefficient (Wildman–Crippen LogP) is 3.26. The standard InChI is InChI=1S/C12H11ClFN3/c13-9-3-1-2-8(10(9)14)11-12(15)17(6-16-11)7-4-5-7/h1-3,6-7H,4-5,15H2. The predicted molar refractivity (Wildman–Crippen MR) is 65.3 cm³/mol. The molecule has 0 radical (unpaired) electrons. The largest absolute Gasteiger partial charge is 0.383 e. The van der Waals surface area contributed by atoms with Gasteiger partial charge >= 0.3 is 0 Å². The fraction of sp³-hybridized carbons (Fsp3) is 0.250. The molecule has 1 aliphatic carbocycles. The molecule has 0 aliphatic heterocycles. The van der Waals surface area contributed by atoms with Gasteiger partial charge in [-0.05, 0) is 25.0 Å². The lowest BCUT2D eigenvalue weighted by Gasteiger charge is -2.05. The van der Waals surface area contributed by atoms with Gasteiger partial charge in [-0.25, -0.2) is 9.37 Å². The van der Waals surface area contributed by atoms with Crippen molar-refractivity contribution in [3.63, 3.8) is 0 Å². The first-order valence-electron chi connectivity index (χ1n) is 5.45. The van der Waals surface area contributed by atoms with Crippen LogP contribution in [0, 0.1) is 5.82 Å². The summed E-state index contributed by atoms with van der Waals surface area (Å²) in [4.78, 5) is 4.19. The summed E-state index contributed by atoms with van der Waals surface area (Å²) in [5.41, 5.74) is 6.81. The summed E-state index contributed by atoms with van der Waals surface area (Å²) in [6.45, 7) is 0. The average molecular weight is 252 g/mol. The number of aromatic nitrogens is 2. The van der Waals surface area contributed by atoms with E-state index in [1.165, 1.54) is 6.07 Å². The molecule has 2 aromatic rings. The maximum atomic E-state index is 13.9. The number of nitrogen functional groups attached to an aromatic ring is 1. The minimum absolute atomic E-state index is 0.0860.